The van der Waals surface area contributed by atoms with Gasteiger partial charge in [-0.15, -0.1) is 0 Å². The van der Waals surface area contributed by atoms with E-state index in [0.717, 1.165) is 26.1 Å². The van der Waals surface area contributed by atoms with Gasteiger partial charge in [0.05, 0.1) is 6.10 Å². The summed E-state index contributed by atoms with van der Waals surface area (Å²) < 4.78 is 0. The highest BCUT2D eigenvalue weighted by molar-refractivity contribution is 5.46. The number of aliphatic hydroxyl groups is 1. The number of hydrogen-bond donors (Lipinski definition) is 1. The number of benzene rings is 1. The van der Waals surface area contributed by atoms with Crippen molar-refractivity contribution in [1.29, 1.82) is 0 Å². The minimum atomic E-state index is -0.164. The third-order valence-electron chi connectivity index (χ3n) is 4.21. The standard InChI is InChI=1S/C16H26N2O/c1-3-16(19)13-18-11-9-15(10-12-18)17(2)14-7-5-4-6-8-14/h4-8,15-16,19H,3,9-13H2,1-2H3/t16-/m1/s1. The van der Waals surface area contributed by atoms with Crippen molar-refractivity contribution in [2.24, 2.45) is 0 Å². The number of aliphatic hydroxyl groups excluding tert-OH is 1. The molecule has 3 nitrogen and oxygen atoms in total. The van der Waals surface area contributed by atoms with Crippen LogP contribution in [0.15, 0.2) is 30.3 Å². The highest BCUT2D eigenvalue weighted by Gasteiger charge is 2.23. The topological polar surface area (TPSA) is 26.7 Å². The molecule has 106 valence electrons. The van der Waals surface area contributed by atoms with E-state index < -0.39 is 0 Å². The zero-order valence-corrected chi connectivity index (χ0v) is 12.1. The summed E-state index contributed by atoms with van der Waals surface area (Å²) in [6.45, 7) is 5.07. The molecule has 1 aromatic rings. The van der Waals surface area contributed by atoms with Crippen molar-refractivity contribution in [1.82, 2.24) is 4.90 Å². The summed E-state index contributed by atoms with van der Waals surface area (Å²) in [5.41, 5.74) is 1.30. The van der Waals surface area contributed by atoms with Crippen molar-refractivity contribution in [2.45, 2.75) is 38.3 Å². The molecule has 1 saturated heterocycles. The van der Waals surface area contributed by atoms with Gasteiger partial charge in [-0.1, -0.05) is 25.1 Å². The summed E-state index contributed by atoms with van der Waals surface area (Å²) in [6.07, 6.45) is 3.05. The molecule has 19 heavy (non-hydrogen) atoms. The molecule has 1 fully saturated rings. The third kappa shape index (κ3) is 3.95. The summed E-state index contributed by atoms with van der Waals surface area (Å²) in [6, 6.07) is 11.2. The lowest BCUT2D eigenvalue weighted by atomic mass is 10.0. The van der Waals surface area contributed by atoms with Crippen molar-refractivity contribution in [3.63, 3.8) is 0 Å². The van der Waals surface area contributed by atoms with Crippen molar-refractivity contribution >= 4 is 5.69 Å². The minimum Gasteiger partial charge on any atom is -0.392 e. The zero-order chi connectivity index (χ0) is 13.7. The minimum absolute atomic E-state index is 0.164. The van der Waals surface area contributed by atoms with Crippen LogP contribution in [0.2, 0.25) is 0 Å². The Morgan fingerprint density at radius 2 is 1.89 bits per heavy atom. The van der Waals surface area contributed by atoms with Crippen LogP contribution < -0.4 is 4.90 Å². The summed E-state index contributed by atoms with van der Waals surface area (Å²) in [7, 11) is 2.19. The van der Waals surface area contributed by atoms with E-state index in [1.807, 2.05) is 6.92 Å². The molecular formula is C16H26N2O. The molecule has 1 atom stereocenters. The third-order valence-corrected chi connectivity index (χ3v) is 4.21. The first-order valence-electron chi connectivity index (χ1n) is 7.39. The second-order valence-corrected chi connectivity index (χ2v) is 5.54. The van der Waals surface area contributed by atoms with Crippen molar-refractivity contribution in [3.8, 4) is 0 Å². The Morgan fingerprint density at radius 3 is 2.47 bits per heavy atom. The number of piperidine rings is 1. The molecule has 0 radical (unpaired) electrons. The van der Waals surface area contributed by atoms with Gasteiger partial charge in [-0.25, -0.2) is 0 Å². The molecule has 0 aliphatic carbocycles. The number of para-hydroxylation sites is 1. The molecule has 0 saturated carbocycles. The molecule has 2 rings (SSSR count). The Kier molecular flexibility index (Phi) is 5.23. The molecular weight excluding hydrogens is 236 g/mol. The van der Waals surface area contributed by atoms with Gasteiger partial charge in [0.1, 0.15) is 0 Å². The van der Waals surface area contributed by atoms with Crippen LogP contribution in [0.5, 0.6) is 0 Å². The van der Waals surface area contributed by atoms with Crippen LogP contribution in [-0.4, -0.2) is 48.8 Å². The number of anilines is 1. The molecule has 1 heterocycles. The molecule has 0 aromatic heterocycles. The van der Waals surface area contributed by atoms with Gasteiger partial charge in [0, 0.05) is 38.4 Å². The predicted octanol–water partition coefficient (Wildman–Crippen LogP) is 2.36. The Balaban J connectivity index is 1.83. The molecule has 0 bridgehead atoms. The Labute approximate surface area is 116 Å². The summed E-state index contributed by atoms with van der Waals surface area (Å²) in [4.78, 5) is 4.79. The van der Waals surface area contributed by atoms with Crippen molar-refractivity contribution in [2.75, 3.05) is 31.6 Å². The van der Waals surface area contributed by atoms with Crippen LogP contribution in [0.25, 0.3) is 0 Å². The van der Waals surface area contributed by atoms with Gasteiger partial charge in [-0.3, -0.25) is 0 Å². The van der Waals surface area contributed by atoms with E-state index in [0.29, 0.717) is 6.04 Å². The number of nitrogens with zero attached hydrogens (tertiary/aromatic N) is 2. The summed E-state index contributed by atoms with van der Waals surface area (Å²) in [5.74, 6) is 0. The molecule has 1 aliphatic heterocycles. The summed E-state index contributed by atoms with van der Waals surface area (Å²) >= 11 is 0. The van der Waals surface area contributed by atoms with Crippen molar-refractivity contribution in [3.05, 3.63) is 30.3 Å². The second-order valence-electron chi connectivity index (χ2n) is 5.54. The normalized spacial score (nSPS) is 19.3. The fourth-order valence-electron chi connectivity index (χ4n) is 2.79. The van der Waals surface area contributed by atoms with Gasteiger partial charge >= 0.3 is 0 Å². The van der Waals surface area contributed by atoms with E-state index in [9.17, 15) is 5.11 Å². The van der Waals surface area contributed by atoms with Crippen LogP contribution in [0.3, 0.4) is 0 Å². The molecule has 1 aromatic carbocycles. The quantitative estimate of drug-likeness (QED) is 0.882. The van der Waals surface area contributed by atoms with E-state index in [1.165, 1.54) is 18.5 Å². The van der Waals surface area contributed by atoms with E-state index in [1.54, 1.807) is 0 Å². The lowest BCUT2D eigenvalue weighted by Crippen LogP contribution is -2.45. The zero-order valence-electron chi connectivity index (χ0n) is 12.1. The molecule has 0 amide bonds. The number of hydrogen-bond acceptors (Lipinski definition) is 3. The maximum Gasteiger partial charge on any atom is 0.0664 e. The van der Waals surface area contributed by atoms with E-state index in [-0.39, 0.29) is 6.10 Å². The first-order valence-corrected chi connectivity index (χ1v) is 7.39. The van der Waals surface area contributed by atoms with Gasteiger partial charge in [-0.05, 0) is 31.4 Å². The van der Waals surface area contributed by atoms with Crippen LogP contribution in [-0.2, 0) is 0 Å². The number of likely N-dealkylation sites (tertiary alicyclic amines) is 1. The van der Waals surface area contributed by atoms with Crippen LogP contribution >= 0.6 is 0 Å². The Morgan fingerprint density at radius 1 is 1.26 bits per heavy atom. The molecule has 1 N–H and O–H groups in total. The fourth-order valence-corrected chi connectivity index (χ4v) is 2.79. The van der Waals surface area contributed by atoms with Gasteiger partial charge in [0.15, 0.2) is 0 Å². The highest BCUT2D eigenvalue weighted by atomic mass is 16.3. The molecule has 3 heteroatoms. The van der Waals surface area contributed by atoms with Crippen LogP contribution in [0, 0.1) is 0 Å². The van der Waals surface area contributed by atoms with E-state index in [4.69, 9.17) is 0 Å². The SMILES string of the molecule is CC[C@@H](O)CN1CCC(N(C)c2ccccc2)CC1. The fraction of sp³-hybridized carbons (Fsp3) is 0.625. The predicted molar refractivity (Wildman–Crippen MR) is 80.6 cm³/mol. The average molecular weight is 262 g/mol. The van der Waals surface area contributed by atoms with Gasteiger partial charge in [0.2, 0.25) is 0 Å². The largest absolute Gasteiger partial charge is 0.392 e. The Bertz CT molecular complexity index is 360. The van der Waals surface area contributed by atoms with Gasteiger partial charge in [0.25, 0.3) is 0 Å². The second kappa shape index (κ2) is 6.92. The van der Waals surface area contributed by atoms with E-state index in [2.05, 4.69) is 47.2 Å². The first-order chi connectivity index (χ1) is 9.20. The smallest absolute Gasteiger partial charge is 0.0664 e. The lowest BCUT2D eigenvalue weighted by Gasteiger charge is -2.38. The maximum absolute atomic E-state index is 9.71. The average Bonchev–Trinajstić information content (AvgIpc) is 2.48. The first kappa shape index (κ1) is 14.4. The summed E-state index contributed by atoms with van der Waals surface area (Å²) in [5, 5.41) is 9.71. The lowest BCUT2D eigenvalue weighted by molar-refractivity contribution is 0.0945. The number of β-amino-alcohol motifs (C(OH)–C–C–N with tert-alkyl or cyclic N) is 1. The number of rotatable bonds is 5. The maximum atomic E-state index is 9.71. The van der Waals surface area contributed by atoms with Crippen LogP contribution in [0.1, 0.15) is 26.2 Å². The monoisotopic (exact) mass is 262 g/mol. The molecule has 0 unspecified atom stereocenters. The molecule has 1 aliphatic rings. The van der Waals surface area contributed by atoms with E-state index >= 15 is 0 Å². The van der Waals surface area contributed by atoms with Crippen molar-refractivity contribution < 1.29 is 5.11 Å². The van der Waals surface area contributed by atoms with Gasteiger partial charge in [-0.2, -0.15) is 0 Å². The van der Waals surface area contributed by atoms with Crippen LogP contribution in [0.4, 0.5) is 5.69 Å². The molecule has 0 spiro atoms. The van der Waals surface area contributed by atoms with Gasteiger partial charge < -0.3 is 14.9 Å². The highest BCUT2D eigenvalue weighted by Crippen LogP contribution is 2.21. The Hall–Kier alpha value is -1.06.